The van der Waals surface area contributed by atoms with Crippen LogP contribution in [0.25, 0.3) is 0 Å². The van der Waals surface area contributed by atoms with Gasteiger partial charge in [0.05, 0.1) is 0 Å². The molecular weight excluding hydrogens is 360 g/mol. The van der Waals surface area contributed by atoms with Crippen LogP contribution in [0.2, 0.25) is 0 Å². The van der Waals surface area contributed by atoms with Crippen LogP contribution in [0.15, 0.2) is 28.9 Å². The first-order chi connectivity index (χ1) is 13.4. The third-order valence-electron chi connectivity index (χ3n) is 5.05. The van der Waals surface area contributed by atoms with Crippen LogP contribution < -0.4 is 11.1 Å². The molecule has 2 heterocycles. The summed E-state index contributed by atoms with van der Waals surface area (Å²) in [7, 11) is 0. The highest BCUT2D eigenvalue weighted by atomic mass is 16.6. The summed E-state index contributed by atoms with van der Waals surface area (Å²) >= 11 is 0. The topological polar surface area (TPSA) is 118 Å². The molecule has 1 fully saturated rings. The Kier molecular flexibility index (Phi) is 5.81. The van der Waals surface area contributed by atoms with Gasteiger partial charge in [-0.2, -0.15) is 0 Å². The smallest absolute Gasteiger partial charge is 0.322 e. The predicted molar refractivity (Wildman–Crippen MR) is 105 cm³/mol. The Bertz CT molecular complexity index is 832. The van der Waals surface area contributed by atoms with Crippen molar-refractivity contribution in [1.82, 2.24) is 20.1 Å². The Morgan fingerprint density at radius 3 is 2.50 bits per heavy atom. The van der Waals surface area contributed by atoms with Crippen LogP contribution in [0.5, 0.6) is 0 Å². The molecule has 1 saturated heterocycles. The van der Waals surface area contributed by atoms with Crippen molar-refractivity contribution in [2.45, 2.75) is 39.2 Å². The Morgan fingerprint density at radius 1 is 1.18 bits per heavy atom. The Labute approximate surface area is 163 Å². The lowest BCUT2D eigenvalue weighted by molar-refractivity contribution is 0.0752. The van der Waals surface area contributed by atoms with Crippen molar-refractivity contribution in [3.05, 3.63) is 35.5 Å². The molecule has 0 spiro atoms. The molecule has 1 atom stereocenters. The normalized spacial score (nSPS) is 17.5. The van der Waals surface area contributed by atoms with Gasteiger partial charge in [0.1, 0.15) is 0 Å². The third kappa shape index (κ3) is 4.24. The molecular formula is C19H26N6O3. The molecule has 3 rings (SSSR count). The van der Waals surface area contributed by atoms with E-state index in [2.05, 4.69) is 34.1 Å². The molecule has 9 nitrogen and oxygen atoms in total. The van der Waals surface area contributed by atoms with Gasteiger partial charge in [0.25, 0.3) is 5.91 Å². The van der Waals surface area contributed by atoms with Gasteiger partial charge in [-0.3, -0.25) is 4.79 Å². The maximum absolute atomic E-state index is 12.8. The zero-order chi connectivity index (χ0) is 20.3. The van der Waals surface area contributed by atoms with Crippen LogP contribution in [0.3, 0.4) is 0 Å². The van der Waals surface area contributed by atoms with E-state index in [9.17, 15) is 9.59 Å². The average Bonchev–Trinajstić information content (AvgIpc) is 2.99. The number of nitrogens with zero attached hydrogens (tertiary/aromatic N) is 4. The predicted octanol–water partition coefficient (Wildman–Crippen LogP) is 2.54. The second-order valence-corrected chi connectivity index (χ2v) is 7.33. The Balaban J connectivity index is 1.63. The number of benzene rings is 1. The van der Waals surface area contributed by atoms with Crippen molar-refractivity contribution < 1.29 is 14.2 Å². The molecule has 1 aliphatic rings. The third-order valence-corrected chi connectivity index (χ3v) is 5.05. The number of carbonyl (C=O) groups is 2. The lowest BCUT2D eigenvalue weighted by Gasteiger charge is -2.27. The summed E-state index contributed by atoms with van der Waals surface area (Å²) in [5.41, 5.74) is 7.60. The van der Waals surface area contributed by atoms with Gasteiger partial charge in [0.2, 0.25) is 11.5 Å². The van der Waals surface area contributed by atoms with Gasteiger partial charge in [-0.05, 0) is 47.3 Å². The van der Waals surface area contributed by atoms with E-state index in [1.54, 1.807) is 9.80 Å². The molecule has 0 bridgehead atoms. The van der Waals surface area contributed by atoms with Gasteiger partial charge >= 0.3 is 6.03 Å². The summed E-state index contributed by atoms with van der Waals surface area (Å²) < 4.78 is 4.51. The number of hydrogen-bond donors (Lipinski definition) is 2. The van der Waals surface area contributed by atoms with Crippen LogP contribution in [0.1, 0.15) is 49.2 Å². The van der Waals surface area contributed by atoms with Crippen molar-refractivity contribution in [2.24, 2.45) is 0 Å². The monoisotopic (exact) mass is 386 g/mol. The van der Waals surface area contributed by atoms with Gasteiger partial charge in [-0.1, -0.05) is 26.0 Å². The van der Waals surface area contributed by atoms with E-state index < -0.39 is 0 Å². The molecule has 0 aliphatic carbocycles. The fourth-order valence-electron chi connectivity index (χ4n) is 3.20. The maximum atomic E-state index is 12.8. The minimum absolute atomic E-state index is 0.01000. The number of anilines is 2. The van der Waals surface area contributed by atoms with Crippen molar-refractivity contribution in [3.63, 3.8) is 0 Å². The van der Waals surface area contributed by atoms with Crippen molar-refractivity contribution in [1.29, 1.82) is 0 Å². The standard InChI is InChI=1S/C19H26N6O3/c1-12(2)14-4-6-15(7-5-14)21-19(27)25-11-10-24(9-8-13(25)3)18(26)16-17(20)23-28-22-16/h4-7,12-13H,8-11H2,1-3H3,(H2,20,23)(H,21,27)/t13-/m0/s1. The second-order valence-electron chi connectivity index (χ2n) is 7.33. The first kappa shape index (κ1) is 19.7. The van der Waals surface area contributed by atoms with E-state index in [-0.39, 0.29) is 29.5 Å². The van der Waals surface area contributed by atoms with Gasteiger partial charge in [0, 0.05) is 31.4 Å². The number of urea groups is 1. The minimum atomic E-state index is -0.336. The van der Waals surface area contributed by atoms with Crippen molar-refractivity contribution in [2.75, 3.05) is 30.7 Å². The zero-order valence-corrected chi connectivity index (χ0v) is 16.4. The molecule has 0 unspecified atom stereocenters. The molecule has 9 heteroatoms. The molecule has 2 aromatic rings. The fraction of sp³-hybridized carbons (Fsp3) is 0.474. The summed E-state index contributed by atoms with van der Waals surface area (Å²) in [6, 6.07) is 7.66. The molecule has 3 N–H and O–H groups in total. The van der Waals surface area contributed by atoms with E-state index in [0.717, 1.165) is 5.69 Å². The highest BCUT2D eigenvalue weighted by molar-refractivity contribution is 5.96. The number of nitrogens with two attached hydrogens (primary N) is 1. The van der Waals surface area contributed by atoms with E-state index in [0.29, 0.717) is 32.0 Å². The molecule has 3 amide bonds. The second kappa shape index (κ2) is 8.28. The lowest BCUT2D eigenvalue weighted by Crippen LogP contribution is -2.42. The molecule has 150 valence electrons. The molecule has 0 radical (unpaired) electrons. The highest BCUT2D eigenvalue weighted by Crippen LogP contribution is 2.19. The Morgan fingerprint density at radius 2 is 1.89 bits per heavy atom. The number of carbonyl (C=O) groups excluding carboxylic acids is 2. The SMILES string of the molecule is CC(C)c1ccc(NC(=O)N2CCN(C(=O)c3nonc3N)CC[C@@H]2C)cc1. The number of rotatable bonds is 3. The van der Waals surface area contributed by atoms with Gasteiger partial charge in [0.15, 0.2) is 0 Å². The summed E-state index contributed by atoms with van der Waals surface area (Å²) in [6.07, 6.45) is 0.649. The Hall–Kier alpha value is -3.10. The van der Waals surface area contributed by atoms with Crippen LogP contribution in [-0.2, 0) is 0 Å². The van der Waals surface area contributed by atoms with Crippen molar-refractivity contribution in [3.8, 4) is 0 Å². The summed E-state index contributed by atoms with van der Waals surface area (Å²) in [5, 5.41) is 9.97. The number of hydrogen-bond acceptors (Lipinski definition) is 6. The number of nitrogen functional groups attached to an aromatic ring is 1. The minimum Gasteiger partial charge on any atom is -0.379 e. The summed E-state index contributed by atoms with van der Waals surface area (Å²) in [4.78, 5) is 28.7. The molecule has 1 aromatic heterocycles. The molecule has 0 saturated carbocycles. The van der Waals surface area contributed by atoms with Crippen LogP contribution in [-0.4, -0.2) is 57.7 Å². The number of amides is 3. The van der Waals surface area contributed by atoms with E-state index >= 15 is 0 Å². The lowest BCUT2D eigenvalue weighted by atomic mass is 10.0. The van der Waals surface area contributed by atoms with Crippen molar-refractivity contribution >= 4 is 23.4 Å². The molecule has 1 aliphatic heterocycles. The average molecular weight is 386 g/mol. The zero-order valence-electron chi connectivity index (χ0n) is 16.4. The maximum Gasteiger partial charge on any atom is 0.322 e. The molecule has 28 heavy (non-hydrogen) atoms. The number of aromatic nitrogens is 2. The largest absolute Gasteiger partial charge is 0.379 e. The van der Waals surface area contributed by atoms with E-state index in [1.807, 2.05) is 31.2 Å². The molecule has 1 aromatic carbocycles. The first-order valence-electron chi connectivity index (χ1n) is 9.41. The quantitative estimate of drug-likeness (QED) is 0.837. The highest BCUT2D eigenvalue weighted by Gasteiger charge is 2.29. The summed E-state index contributed by atoms with van der Waals surface area (Å²) in [5.74, 6) is 0.0760. The van der Waals surface area contributed by atoms with Gasteiger partial charge < -0.3 is 20.9 Å². The first-order valence-corrected chi connectivity index (χ1v) is 9.41. The van der Waals surface area contributed by atoms with Crippen LogP contribution >= 0.6 is 0 Å². The van der Waals surface area contributed by atoms with Crippen LogP contribution in [0, 0.1) is 0 Å². The fourth-order valence-corrected chi connectivity index (χ4v) is 3.20. The van der Waals surface area contributed by atoms with Gasteiger partial charge in [-0.25, -0.2) is 9.42 Å². The van der Waals surface area contributed by atoms with Crippen LogP contribution in [0.4, 0.5) is 16.3 Å². The van der Waals surface area contributed by atoms with Gasteiger partial charge in [-0.15, -0.1) is 0 Å². The summed E-state index contributed by atoms with van der Waals surface area (Å²) in [6.45, 7) is 7.52. The number of nitrogens with one attached hydrogen (secondary N) is 1. The van der Waals surface area contributed by atoms with E-state index in [1.165, 1.54) is 5.56 Å². The van der Waals surface area contributed by atoms with E-state index in [4.69, 9.17) is 5.73 Å².